The van der Waals surface area contributed by atoms with Crippen LogP contribution in [0.2, 0.25) is 0 Å². The van der Waals surface area contributed by atoms with Gasteiger partial charge in [0.25, 0.3) is 5.56 Å². The molecule has 41 heavy (non-hydrogen) atoms. The second kappa shape index (κ2) is 12.1. The molecule has 3 aromatic carbocycles. The van der Waals surface area contributed by atoms with Crippen molar-refractivity contribution in [3.05, 3.63) is 99.7 Å². The third-order valence-electron chi connectivity index (χ3n) is 8.16. The third kappa shape index (κ3) is 5.95. The third-order valence-corrected chi connectivity index (χ3v) is 8.16. The molecule has 2 aromatic heterocycles. The highest BCUT2D eigenvalue weighted by Crippen LogP contribution is 2.24. The molecule has 0 atom stereocenters. The van der Waals surface area contributed by atoms with Gasteiger partial charge >= 0.3 is 0 Å². The lowest BCUT2D eigenvalue weighted by atomic mass is 10.1. The van der Waals surface area contributed by atoms with Crippen molar-refractivity contribution >= 4 is 39.9 Å². The van der Waals surface area contributed by atoms with Crippen molar-refractivity contribution in [1.29, 1.82) is 0 Å². The van der Waals surface area contributed by atoms with Gasteiger partial charge in [0.1, 0.15) is 11.5 Å². The number of aromatic amines is 1. The van der Waals surface area contributed by atoms with Crippen molar-refractivity contribution in [2.45, 2.75) is 39.7 Å². The monoisotopic (exact) mass is 546 g/mol. The van der Waals surface area contributed by atoms with Crippen LogP contribution in [0.1, 0.15) is 49.3 Å². The number of anilines is 1. The molecule has 1 aliphatic rings. The van der Waals surface area contributed by atoms with Crippen molar-refractivity contribution in [2.24, 2.45) is 0 Å². The van der Waals surface area contributed by atoms with Crippen LogP contribution in [0.3, 0.4) is 0 Å². The summed E-state index contributed by atoms with van der Waals surface area (Å²) in [6, 6.07) is 22.8. The van der Waals surface area contributed by atoms with Crippen LogP contribution in [0.5, 0.6) is 0 Å². The Kier molecular flexibility index (Phi) is 7.96. The largest absolute Gasteiger partial charge is 0.372 e. The summed E-state index contributed by atoms with van der Waals surface area (Å²) in [7, 11) is 0. The lowest BCUT2D eigenvalue weighted by molar-refractivity contribution is 0.324. The summed E-state index contributed by atoms with van der Waals surface area (Å²) in [5, 5.41) is 0. The standard InChI is InChI=1S/C34H38N6O/c1-3-39(4-2)27-15-12-25(13-16-27)14-17-33-36-30-23-28-29(24-32(30)40(33)21-20-38-18-8-9-19-38)35-31(34(41)37-28)22-26-10-6-5-7-11-26/h5-7,10-17,23-24H,3-4,8-9,18-22H2,1-2H3,(H,37,41)/b17-14+. The average molecular weight is 547 g/mol. The first kappa shape index (κ1) is 27.0. The number of likely N-dealkylation sites (tertiary alicyclic amines) is 1. The van der Waals surface area contributed by atoms with E-state index >= 15 is 0 Å². The van der Waals surface area contributed by atoms with Crippen LogP contribution in [0.25, 0.3) is 34.2 Å². The van der Waals surface area contributed by atoms with E-state index in [1.54, 1.807) is 0 Å². The molecule has 210 valence electrons. The molecular weight excluding hydrogens is 508 g/mol. The Morgan fingerprint density at radius 1 is 0.878 bits per heavy atom. The minimum absolute atomic E-state index is 0.151. The van der Waals surface area contributed by atoms with Crippen molar-refractivity contribution in [2.75, 3.05) is 37.6 Å². The van der Waals surface area contributed by atoms with Crippen molar-refractivity contribution in [3.63, 3.8) is 0 Å². The number of H-pyrrole nitrogens is 1. The quantitative estimate of drug-likeness (QED) is 0.234. The lowest BCUT2D eigenvalue weighted by Crippen LogP contribution is -2.24. The van der Waals surface area contributed by atoms with E-state index in [9.17, 15) is 4.79 Å². The molecule has 7 heteroatoms. The zero-order valence-electron chi connectivity index (χ0n) is 24.0. The predicted octanol–water partition coefficient (Wildman–Crippen LogP) is 5.98. The van der Waals surface area contributed by atoms with Gasteiger partial charge in [-0.1, -0.05) is 48.5 Å². The van der Waals surface area contributed by atoms with Gasteiger partial charge in [0.2, 0.25) is 0 Å². The Bertz CT molecular complexity index is 1710. The second-order valence-electron chi connectivity index (χ2n) is 10.8. The summed E-state index contributed by atoms with van der Waals surface area (Å²) < 4.78 is 2.30. The first-order chi connectivity index (χ1) is 20.1. The van der Waals surface area contributed by atoms with Crippen molar-refractivity contribution in [1.82, 2.24) is 24.4 Å². The summed E-state index contributed by atoms with van der Waals surface area (Å²) in [5.74, 6) is 0.911. The molecule has 1 aliphatic heterocycles. The molecule has 0 amide bonds. The smallest absolute Gasteiger partial charge is 0.270 e. The second-order valence-corrected chi connectivity index (χ2v) is 10.8. The fourth-order valence-electron chi connectivity index (χ4n) is 5.84. The zero-order chi connectivity index (χ0) is 28.2. The fraction of sp³-hybridized carbons (Fsp3) is 0.324. The Balaban J connectivity index is 1.36. The summed E-state index contributed by atoms with van der Waals surface area (Å²) in [4.78, 5) is 30.7. The van der Waals surface area contributed by atoms with Gasteiger partial charge < -0.3 is 19.4 Å². The highest BCUT2D eigenvalue weighted by molar-refractivity contribution is 5.92. The number of aromatic nitrogens is 4. The van der Waals surface area contributed by atoms with Crippen molar-refractivity contribution in [3.8, 4) is 0 Å². The molecule has 1 N–H and O–H groups in total. The number of rotatable bonds is 10. The Labute approximate surface area is 241 Å². The van der Waals surface area contributed by atoms with Crippen molar-refractivity contribution < 1.29 is 0 Å². The molecule has 0 bridgehead atoms. The van der Waals surface area contributed by atoms with E-state index in [2.05, 4.69) is 75.7 Å². The molecule has 7 nitrogen and oxygen atoms in total. The number of benzene rings is 3. The number of hydrogen-bond acceptors (Lipinski definition) is 5. The molecule has 1 fully saturated rings. The van der Waals surface area contributed by atoms with E-state index in [0.29, 0.717) is 17.6 Å². The van der Waals surface area contributed by atoms with Crippen LogP contribution in [0.4, 0.5) is 5.69 Å². The summed E-state index contributed by atoms with van der Waals surface area (Å²) in [6.45, 7) is 10.5. The molecule has 3 heterocycles. The molecule has 0 spiro atoms. The maximum Gasteiger partial charge on any atom is 0.270 e. The van der Waals surface area contributed by atoms with E-state index in [1.807, 2.05) is 36.4 Å². The minimum atomic E-state index is -0.151. The van der Waals surface area contributed by atoms with Gasteiger partial charge in [0.15, 0.2) is 0 Å². The van der Waals surface area contributed by atoms with Crippen LogP contribution in [0.15, 0.2) is 71.5 Å². The number of hydrogen-bond donors (Lipinski definition) is 1. The maximum absolute atomic E-state index is 12.9. The highest BCUT2D eigenvalue weighted by Gasteiger charge is 2.16. The van der Waals surface area contributed by atoms with E-state index in [1.165, 1.54) is 18.5 Å². The molecule has 0 radical (unpaired) electrons. The molecule has 1 saturated heterocycles. The topological polar surface area (TPSA) is 70.0 Å². The van der Waals surface area contributed by atoms with E-state index in [4.69, 9.17) is 9.97 Å². The van der Waals surface area contributed by atoms with Crippen LogP contribution >= 0.6 is 0 Å². The average Bonchev–Trinajstić information content (AvgIpc) is 3.63. The molecular formula is C34H38N6O. The minimum Gasteiger partial charge on any atom is -0.372 e. The summed E-state index contributed by atoms with van der Waals surface area (Å²) in [6.07, 6.45) is 7.29. The maximum atomic E-state index is 12.9. The fourth-order valence-corrected chi connectivity index (χ4v) is 5.84. The van der Waals surface area contributed by atoms with E-state index in [-0.39, 0.29) is 5.56 Å². The van der Waals surface area contributed by atoms with Crippen LogP contribution in [0, 0.1) is 0 Å². The van der Waals surface area contributed by atoms with Gasteiger partial charge in [-0.15, -0.1) is 0 Å². The summed E-state index contributed by atoms with van der Waals surface area (Å²) in [5.41, 5.74) is 7.23. The predicted molar refractivity (Wildman–Crippen MR) is 170 cm³/mol. The van der Waals surface area contributed by atoms with E-state index < -0.39 is 0 Å². The molecule has 0 unspecified atom stereocenters. The Hall–Kier alpha value is -4.23. The number of imidazole rings is 1. The van der Waals surface area contributed by atoms with Gasteiger partial charge in [-0.05, 0) is 81.2 Å². The molecule has 6 rings (SSSR count). The normalized spacial score (nSPS) is 14.1. The number of nitrogens with one attached hydrogen (secondary N) is 1. The van der Waals surface area contributed by atoms with Crippen LogP contribution < -0.4 is 10.5 Å². The van der Waals surface area contributed by atoms with Gasteiger partial charge in [-0.2, -0.15) is 0 Å². The zero-order valence-corrected chi connectivity index (χ0v) is 24.0. The van der Waals surface area contributed by atoms with E-state index in [0.717, 1.165) is 72.8 Å². The SMILES string of the molecule is CCN(CC)c1ccc(/C=C/c2nc3cc4[nH]c(=O)c(Cc5ccccc5)nc4cc3n2CCN2CCCC2)cc1. The highest BCUT2D eigenvalue weighted by atomic mass is 16.1. The Morgan fingerprint density at radius 3 is 2.37 bits per heavy atom. The molecule has 0 aliphatic carbocycles. The van der Waals surface area contributed by atoms with Gasteiger partial charge in [-0.3, -0.25) is 4.79 Å². The summed E-state index contributed by atoms with van der Waals surface area (Å²) >= 11 is 0. The molecule has 0 saturated carbocycles. The van der Waals surface area contributed by atoms with Gasteiger partial charge in [0.05, 0.1) is 22.1 Å². The van der Waals surface area contributed by atoms with Gasteiger partial charge in [-0.25, -0.2) is 9.97 Å². The lowest BCUT2D eigenvalue weighted by Gasteiger charge is -2.20. The van der Waals surface area contributed by atoms with Gasteiger partial charge in [0, 0.05) is 38.3 Å². The first-order valence-electron chi connectivity index (χ1n) is 14.8. The molecule has 5 aromatic rings. The first-order valence-corrected chi connectivity index (χ1v) is 14.8. The van der Waals surface area contributed by atoms with Crippen LogP contribution in [-0.2, 0) is 13.0 Å². The number of fused-ring (bicyclic) bond motifs is 2. The number of nitrogens with zero attached hydrogens (tertiary/aromatic N) is 5. The van der Waals surface area contributed by atoms with Crippen LogP contribution in [-0.4, -0.2) is 57.1 Å². The Morgan fingerprint density at radius 2 is 1.63 bits per heavy atom.